The summed E-state index contributed by atoms with van der Waals surface area (Å²) < 4.78 is 10.7. The second kappa shape index (κ2) is 9.30. The van der Waals surface area contributed by atoms with Crippen LogP contribution in [0.1, 0.15) is 5.56 Å². The number of aromatic hydroxyl groups is 1. The highest BCUT2D eigenvalue weighted by molar-refractivity contribution is 7.99. The summed E-state index contributed by atoms with van der Waals surface area (Å²) in [4.78, 5) is 12.5. The van der Waals surface area contributed by atoms with E-state index in [1.165, 1.54) is 23.4 Å². The van der Waals surface area contributed by atoms with Crippen molar-refractivity contribution in [3.05, 3.63) is 76.6 Å². The molecule has 0 fully saturated rings. The van der Waals surface area contributed by atoms with E-state index in [-0.39, 0.29) is 23.9 Å². The number of ether oxygens (including phenoxy) is 1. The first kappa shape index (κ1) is 19.1. The monoisotopic (exact) mass is 384 g/mol. The summed E-state index contributed by atoms with van der Waals surface area (Å²) in [6.45, 7) is 0.151. The van der Waals surface area contributed by atoms with Crippen LogP contribution in [-0.2, 0) is 6.42 Å². The molecule has 0 spiro atoms. The number of aliphatic hydroxyl groups excluding tert-OH is 1. The molecule has 2 aromatic carbocycles. The van der Waals surface area contributed by atoms with Gasteiger partial charge in [-0.2, -0.15) is 0 Å². The van der Waals surface area contributed by atoms with Crippen LogP contribution in [0.4, 0.5) is 0 Å². The zero-order valence-electron chi connectivity index (χ0n) is 14.6. The Balaban J connectivity index is 1.69. The van der Waals surface area contributed by atoms with Crippen molar-refractivity contribution < 1.29 is 19.4 Å². The van der Waals surface area contributed by atoms with E-state index < -0.39 is 5.63 Å². The van der Waals surface area contributed by atoms with Crippen molar-refractivity contribution in [2.24, 2.45) is 0 Å². The molecule has 1 aromatic heterocycles. The number of hydrogen-bond acceptors (Lipinski definition) is 6. The maximum Gasteiger partial charge on any atom is 0.353 e. The van der Waals surface area contributed by atoms with Crippen LogP contribution in [0.5, 0.6) is 11.5 Å². The van der Waals surface area contributed by atoms with Gasteiger partial charge in [-0.05, 0) is 36.2 Å². The highest BCUT2D eigenvalue weighted by atomic mass is 32.2. The molecule has 0 amide bonds. The summed E-state index contributed by atoms with van der Waals surface area (Å²) in [6.07, 6.45) is 0.793. The van der Waals surface area contributed by atoms with Gasteiger partial charge in [0.15, 0.2) is 0 Å². The molecule has 0 atom stereocenters. The van der Waals surface area contributed by atoms with Gasteiger partial charge in [-0.1, -0.05) is 30.3 Å². The maximum absolute atomic E-state index is 12.3. The fourth-order valence-corrected chi connectivity index (χ4v) is 3.45. The second-order valence-corrected chi connectivity index (χ2v) is 6.90. The Morgan fingerprint density at radius 2 is 1.78 bits per heavy atom. The highest BCUT2D eigenvalue weighted by Crippen LogP contribution is 2.30. The third kappa shape index (κ3) is 5.15. The van der Waals surface area contributed by atoms with E-state index in [0.717, 1.165) is 6.42 Å². The second-order valence-electron chi connectivity index (χ2n) is 5.79. The van der Waals surface area contributed by atoms with Gasteiger partial charge < -0.3 is 19.4 Å². The van der Waals surface area contributed by atoms with Gasteiger partial charge in [-0.25, -0.2) is 4.79 Å². The molecule has 3 rings (SSSR count). The summed E-state index contributed by atoms with van der Waals surface area (Å²) in [6, 6.07) is 18.3. The zero-order valence-corrected chi connectivity index (χ0v) is 15.4. The Kier molecular flexibility index (Phi) is 6.57. The Bertz CT molecular complexity index is 920. The Morgan fingerprint density at radius 1 is 1.04 bits per heavy atom. The van der Waals surface area contributed by atoms with Crippen LogP contribution in [0.2, 0.25) is 0 Å². The minimum atomic E-state index is -0.552. The van der Waals surface area contributed by atoms with E-state index in [9.17, 15) is 9.90 Å². The Hall–Kier alpha value is -2.70. The van der Waals surface area contributed by atoms with E-state index in [4.69, 9.17) is 14.3 Å². The normalized spacial score (nSPS) is 10.7. The topological polar surface area (TPSA) is 79.9 Å². The van der Waals surface area contributed by atoms with Gasteiger partial charge in [0.25, 0.3) is 0 Å². The summed E-state index contributed by atoms with van der Waals surface area (Å²) >= 11 is 1.28. The average molecular weight is 384 g/mol. The van der Waals surface area contributed by atoms with Gasteiger partial charge >= 0.3 is 5.63 Å². The molecule has 0 radical (unpaired) electrons. The minimum absolute atomic E-state index is 0.0616. The lowest BCUT2D eigenvalue weighted by atomic mass is 10.1. The van der Waals surface area contributed by atoms with Gasteiger partial charge in [0.1, 0.15) is 28.8 Å². The van der Waals surface area contributed by atoms with E-state index in [1.54, 1.807) is 24.3 Å². The lowest BCUT2D eigenvalue weighted by molar-refractivity contribution is 0.201. The smallest absolute Gasteiger partial charge is 0.353 e. The lowest BCUT2D eigenvalue weighted by Gasteiger charge is -2.07. The van der Waals surface area contributed by atoms with E-state index in [2.05, 4.69) is 0 Å². The van der Waals surface area contributed by atoms with E-state index in [0.29, 0.717) is 22.8 Å². The standard InChI is InChI=1S/C21H20O5S/c22-11-12-25-17-8-6-16(7-9-17)19-14-18(23)20(21(24)26-19)27-13-10-15-4-2-1-3-5-15/h1-9,14,22-23H,10-13H2. The molecule has 0 unspecified atom stereocenters. The van der Waals surface area contributed by atoms with Crippen LogP contribution in [0, 0.1) is 0 Å². The average Bonchev–Trinajstić information content (AvgIpc) is 2.69. The molecule has 0 aliphatic carbocycles. The largest absolute Gasteiger partial charge is 0.506 e. The van der Waals surface area contributed by atoms with Crippen LogP contribution >= 0.6 is 11.8 Å². The van der Waals surface area contributed by atoms with Crippen LogP contribution in [0.3, 0.4) is 0 Å². The number of hydrogen-bond donors (Lipinski definition) is 2. The molecule has 0 bridgehead atoms. The molecule has 27 heavy (non-hydrogen) atoms. The molecule has 0 saturated carbocycles. The molecule has 0 aliphatic rings. The molecule has 2 N–H and O–H groups in total. The summed E-state index contributed by atoms with van der Waals surface area (Å²) in [5.41, 5.74) is 1.28. The van der Waals surface area contributed by atoms with Gasteiger partial charge in [0, 0.05) is 17.4 Å². The van der Waals surface area contributed by atoms with Crippen molar-refractivity contribution in [3.8, 4) is 22.8 Å². The zero-order chi connectivity index (χ0) is 19.1. The predicted molar refractivity (Wildman–Crippen MR) is 106 cm³/mol. The van der Waals surface area contributed by atoms with Crippen molar-refractivity contribution in [1.29, 1.82) is 0 Å². The number of aryl methyl sites for hydroxylation is 1. The van der Waals surface area contributed by atoms with Crippen LogP contribution < -0.4 is 10.4 Å². The molecule has 0 aliphatic heterocycles. The molecule has 140 valence electrons. The van der Waals surface area contributed by atoms with Crippen molar-refractivity contribution in [3.63, 3.8) is 0 Å². The van der Waals surface area contributed by atoms with Crippen LogP contribution in [-0.4, -0.2) is 29.2 Å². The molecule has 3 aromatic rings. The SMILES string of the molecule is O=c1oc(-c2ccc(OCCO)cc2)cc(O)c1SCCc1ccccc1. The van der Waals surface area contributed by atoms with Crippen molar-refractivity contribution in [2.45, 2.75) is 11.3 Å². The molecule has 6 heteroatoms. The first-order chi connectivity index (χ1) is 13.2. The first-order valence-electron chi connectivity index (χ1n) is 8.55. The summed E-state index contributed by atoms with van der Waals surface area (Å²) in [5.74, 6) is 1.48. The first-order valence-corrected chi connectivity index (χ1v) is 9.54. The Labute approximate surface area is 161 Å². The van der Waals surface area contributed by atoms with E-state index >= 15 is 0 Å². The number of benzene rings is 2. The molecule has 0 saturated heterocycles. The quantitative estimate of drug-likeness (QED) is 0.576. The molecule has 1 heterocycles. The molecule has 5 nitrogen and oxygen atoms in total. The third-order valence-corrected chi connectivity index (χ3v) is 4.94. The van der Waals surface area contributed by atoms with Gasteiger partial charge in [-0.3, -0.25) is 0 Å². The van der Waals surface area contributed by atoms with Crippen LogP contribution in [0.15, 0.2) is 74.8 Å². The highest BCUT2D eigenvalue weighted by Gasteiger charge is 2.13. The molecular weight excluding hydrogens is 364 g/mol. The van der Waals surface area contributed by atoms with Gasteiger partial charge in [0.05, 0.1) is 6.61 Å². The van der Waals surface area contributed by atoms with Crippen molar-refractivity contribution >= 4 is 11.8 Å². The fourth-order valence-electron chi connectivity index (χ4n) is 2.54. The van der Waals surface area contributed by atoms with E-state index in [1.807, 2.05) is 30.3 Å². The summed E-state index contributed by atoms with van der Waals surface area (Å²) in [5, 5.41) is 19.0. The number of thioether (sulfide) groups is 1. The van der Waals surface area contributed by atoms with Gasteiger partial charge in [-0.15, -0.1) is 11.8 Å². The third-order valence-electron chi connectivity index (χ3n) is 3.87. The van der Waals surface area contributed by atoms with Gasteiger partial charge in [0.2, 0.25) is 0 Å². The minimum Gasteiger partial charge on any atom is -0.506 e. The predicted octanol–water partition coefficient (Wildman–Crippen LogP) is 3.72. The summed E-state index contributed by atoms with van der Waals surface area (Å²) in [7, 11) is 0. The Morgan fingerprint density at radius 3 is 2.44 bits per heavy atom. The fraction of sp³-hybridized carbons (Fsp3) is 0.190. The lowest BCUT2D eigenvalue weighted by Crippen LogP contribution is -2.04. The number of aliphatic hydroxyl groups is 1. The van der Waals surface area contributed by atoms with Crippen molar-refractivity contribution in [1.82, 2.24) is 0 Å². The molecular formula is C21H20O5S. The maximum atomic E-state index is 12.3. The van der Waals surface area contributed by atoms with Crippen molar-refractivity contribution in [2.75, 3.05) is 19.0 Å². The van der Waals surface area contributed by atoms with Crippen LogP contribution in [0.25, 0.3) is 11.3 Å². The number of rotatable bonds is 8.